The van der Waals surface area contributed by atoms with Gasteiger partial charge < -0.3 is 15.0 Å². The van der Waals surface area contributed by atoms with Crippen LogP contribution >= 0.6 is 0 Å². The molecule has 0 bridgehead atoms. The molecule has 198 valence electrons. The molecule has 0 radical (unpaired) electrons. The molecule has 2 amide bonds. The smallest absolute Gasteiger partial charge is 0.242 e. The number of nitrogens with zero attached hydrogens (tertiary/aromatic N) is 2. The molecule has 1 atom stereocenters. The number of rotatable bonds is 14. The van der Waals surface area contributed by atoms with Gasteiger partial charge in [0.1, 0.15) is 11.8 Å². The Balaban J connectivity index is 2.16. The van der Waals surface area contributed by atoms with Gasteiger partial charge in [-0.05, 0) is 62.1 Å². The van der Waals surface area contributed by atoms with Gasteiger partial charge in [-0.2, -0.15) is 0 Å². The van der Waals surface area contributed by atoms with Crippen molar-refractivity contribution in [2.45, 2.75) is 59.0 Å². The summed E-state index contributed by atoms with van der Waals surface area (Å²) in [5.74, 6) is 0.243. The van der Waals surface area contributed by atoms with E-state index in [9.17, 15) is 18.0 Å². The van der Waals surface area contributed by atoms with Crippen molar-refractivity contribution in [3.05, 3.63) is 59.7 Å². The van der Waals surface area contributed by atoms with Crippen molar-refractivity contribution in [2.75, 3.05) is 30.8 Å². The van der Waals surface area contributed by atoms with Gasteiger partial charge in [-0.25, -0.2) is 8.42 Å². The van der Waals surface area contributed by atoms with E-state index in [0.29, 0.717) is 24.4 Å². The van der Waals surface area contributed by atoms with Gasteiger partial charge in [-0.3, -0.25) is 13.9 Å². The van der Waals surface area contributed by atoms with Crippen molar-refractivity contribution in [1.29, 1.82) is 0 Å². The average Bonchev–Trinajstić information content (AvgIpc) is 2.84. The first-order valence-corrected chi connectivity index (χ1v) is 14.2. The normalized spacial score (nSPS) is 12.0. The van der Waals surface area contributed by atoms with Crippen LogP contribution < -0.4 is 14.4 Å². The van der Waals surface area contributed by atoms with E-state index in [1.807, 2.05) is 50.2 Å². The van der Waals surface area contributed by atoms with E-state index < -0.39 is 16.1 Å². The molecule has 2 aromatic rings. The summed E-state index contributed by atoms with van der Waals surface area (Å²) in [6.45, 7) is 6.63. The molecule has 8 nitrogen and oxygen atoms in total. The Labute approximate surface area is 215 Å². The van der Waals surface area contributed by atoms with Crippen molar-refractivity contribution in [3.8, 4) is 5.75 Å². The summed E-state index contributed by atoms with van der Waals surface area (Å²) in [4.78, 5) is 27.7. The highest BCUT2D eigenvalue weighted by Gasteiger charge is 2.26. The number of carbonyl (C=O) groups excluding carboxylic acids is 2. The largest absolute Gasteiger partial charge is 0.497 e. The highest BCUT2D eigenvalue weighted by molar-refractivity contribution is 7.92. The monoisotopic (exact) mass is 517 g/mol. The van der Waals surface area contributed by atoms with Gasteiger partial charge in [0, 0.05) is 26.1 Å². The molecule has 2 aromatic carbocycles. The number of ether oxygens (including phenoxy) is 1. The maximum Gasteiger partial charge on any atom is 0.242 e. The molecule has 0 aliphatic heterocycles. The number of amides is 2. The minimum Gasteiger partial charge on any atom is -0.497 e. The predicted octanol–water partition coefficient (Wildman–Crippen LogP) is 3.88. The van der Waals surface area contributed by atoms with Crippen LogP contribution in [-0.4, -0.2) is 57.6 Å². The zero-order valence-electron chi connectivity index (χ0n) is 22.0. The number of unbranched alkanes of at least 4 members (excludes halogenated alkanes) is 1. The highest BCUT2D eigenvalue weighted by Crippen LogP contribution is 2.21. The van der Waals surface area contributed by atoms with Gasteiger partial charge in [-0.15, -0.1) is 0 Å². The van der Waals surface area contributed by atoms with E-state index >= 15 is 0 Å². The predicted molar refractivity (Wildman–Crippen MR) is 144 cm³/mol. The van der Waals surface area contributed by atoms with Crippen LogP contribution in [0.2, 0.25) is 0 Å². The maximum absolute atomic E-state index is 13.3. The fourth-order valence-electron chi connectivity index (χ4n) is 3.87. The van der Waals surface area contributed by atoms with E-state index in [0.717, 1.165) is 30.2 Å². The fraction of sp³-hybridized carbons (Fsp3) is 0.481. The second-order valence-corrected chi connectivity index (χ2v) is 10.9. The molecule has 0 aliphatic rings. The third-order valence-electron chi connectivity index (χ3n) is 5.93. The summed E-state index contributed by atoms with van der Waals surface area (Å²) < 4.78 is 31.5. The zero-order valence-corrected chi connectivity index (χ0v) is 22.8. The van der Waals surface area contributed by atoms with Crippen LogP contribution in [0.1, 0.15) is 50.7 Å². The van der Waals surface area contributed by atoms with Gasteiger partial charge >= 0.3 is 0 Å². The minimum atomic E-state index is -3.52. The molecule has 1 N–H and O–H groups in total. The van der Waals surface area contributed by atoms with Gasteiger partial charge in [0.2, 0.25) is 21.8 Å². The first kappa shape index (κ1) is 29.2. The number of benzene rings is 2. The molecular weight excluding hydrogens is 478 g/mol. The Morgan fingerprint density at radius 2 is 1.81 bits per heavy atom. The molecule has 9 heteroatoms. The number of nitrogens with one attached hydrogen (secondary N) is 1. The lowest BCUT2D eigenvalue weighted by molar-refractivity contribution is -0.140. The molecule has 36 heavy (non-hydrogen) atoms. The minimum absolute atomic E-state index is 0.106. The number of sulfonamides is 1. The topological polar surface area (TPSA) is 96.0 Å². The molecular formula is C27H39N3O5S. The van der Waals surface area contributed by atoms with Gasteiger partial charge in [0.25, 0.3) is 0 Å². The van der Waals surface area contributed by atoms with Crippen molar-refractivity contribution in [1.82, 2.24) is 10.2 Å². The quantitative estimate of drug-likeness (QED) is 0.384. The Morgan fingerprint density at radius 1 is 1.08 bits per heavy atom. The van der Waals surface area contributed by atoms with Crippen LogP contribution in [0.5, 0.6) is 5.75 Å². The van der Waals surface area contributed by atoms with E-state index in [2.05, 4.69) is 5.32 Å². The van der Waals surface area contributed by atoms with E-state index in [4.69, 9.17) is 4.74 Å². The highest BCUT2D eigenvalue weighted by atomic mass is 32.2. The second kappa shape index (κ2) is 13.9. The lowest BCUT2D eigenvalue weighted by Crippen LogP contribution is -2.48. The summed E-state index contributed by atoms with van der Waals surface area (Å²) in [5, 5.41) is 2.90. The molecule has 0 aliphatic carbocycles. The van der Waals surface area contributed by atoms with Crippen LogP contribution in [-0.2, 0) is 26.2 Å². The Hall–Kier alpha value is -3.07. The average molecular weight is 518 g/mol. The van der Waals surface area contributed by atoms with Crippen molar-refractivity contribution in [2.24, 2.45) is 0 Å². The van der Waals surface area contributed by atoms with Crippen LogP contribution in [0.25, 0.3) is 0 Å². The summed E-state index contributed by atoms with van der Waals surface area (Å²) >= 11 is 0. The zero-order chi connectivity index (χ0) is 26.7. The van der Waals surface area contributed by atoms with Crippen molar-refractivity contribution >= 4 is 27.5 Å². The number of anilines is 1. The lowest BCUT2D eigenvalue weighted by atomic mass is 10.1. The van der Waals surface area contributed by atoms with Gasteiger partial charge in [0.05, 0.1) is 19.1 Å². The third-order valence-corrected chi connectivity index (χ3v) is 7.12. The Morgan fingerprint density at radius 3 is 2.44 bits per heavy atom. The molecule has 0 unspecified atom stereocenters. The van der Waals surface area contributed by atoms with E-state index in [1.165, 1.54) is 4.31 Å². The second-order valence-electron chi connectivity index (χ2n) is 8.97. The molecule has 0 spiro atoms. The molecule has 0 aromatic heterocycles. The summed E-state index contributed by atoms with van der Waals surface area (Å²) in [6.07, 6.45) is 3.41. The van der Waals surface area contributed by atoms with Crippen molar-refractivity contribution < 1.29 is 22.7 Å². The summed E-state index contributed by atoms with van der Waals surface area (Å²) in [6, 6.07) is 14.0. The molecule has 2 rings (SSSR count). The number of aryl methyl sites for hydroxylation is 1. The summed E-state index contributed by atoms with van der Waals surface area (Å²) in [5.41, 5.74) is 2.36. The first-order valence-electron chi connectivity index (χ1n) is 12.3. The molecule has 0 heterocycles. The van der Waals surface area contributed by atoms with E-state index in [1.54, 1.807) is 31.1 Å². The van der Waals surface area contributed by atoms with Crippen molar-refractivity contribution in [3.63, 3.8) is 0 Å². The number of hydrogen-bond acceptors (Lipinski definition) is 5. The van der Waals surface area contributed by atoms with E-state index in [-0.39, 0.29) is 31.3 Å². The van der Waals surface area contributed by atoms with Gasteiger partial charge in [-0.1, -0.05) is 37.6 Å². The third kappa shape index (κ3) is 8.86. The maximum atomic E-state index is 13.3. The number of carbonyl (C=O) groups is 2. The van der Waals surface area contributed by atoms with Crippen LogP contribution in [0.4, 0.5) is 5.69 Å². The van der Waals surface area contributed by atoms with Crippen LogP contribution in [0.15, 0.2) is 48.5 Å². The van der Waals surface area contributed by atoms with Crippen LogP contribution in [0.3, 0.4) is 0 Å². The number of methoxy groups -OCH3 is 1. The standard InChI is InChI=1S/C27H39N3O5S/c1-6-7-16-28-27(32)22(3)29(20-23-12-9-14-25(19-23)35-4)26(31)15-10-17-30(36(5,33)34)24-13-8-11-21(2)18-24/h8-9,11-14,18-19,22H,6-7,10,15-17,20H2,1-5H3,(H,28,32)/t22-/m1/s1. The number of hydrogen-bond donors (Lipinski definition) is 1. The van der Waals surface area contributed by atoms with Crippen LogP contribution in [0, 0.1) is 6.92 Å². The summed E-state index contributed by atoms with van der Waals surface area (Å²) in [7, 11) is -1.94. The van der Waals surface area contributed by atoms with Gasteiger partial charge in [0.15, 0.2) is 0 Å². The lowest BCUT2D eigenvalue weighted by Gasteiger charge is -2.29. The Bertz CT molecular complexity index is 1120. The SMILES string of the molecule is CCCCNC(=O)[C@@H](C)N(Cc1cccc(OC)c1)C(=O)CCCN(c1cccc(C)c1)S(C)(=O)=O. The molecule has 0 saturated carbocycles. The molecule has 0 saturated heterocycles. The first-order chi connectivity index (χ1) is 17.1. The Kier molecular flexibility index (Phi) is 11.2. The fourth-order valence-corrected chi connectivity index (χ4v) is 4.83. The molecule has 0 fully saturated rings.